The lowest BCUT2D eigenvalue weighted by atomic mass is 10.2. The standard InChI is InChI=1S/C15H15N5O2/c1-3-13(21)18-19-9-16-14-12(15(19)22)8-17-20(14)11-6-4-10(2)5-7-11/h4-9H,3H2,1-2H3,(H,18,21). The zero-order valence-corrected chi connectivity index (χ0v) is 12.3. The molecule has 1 amide bonds. The van der Waals surface area contributed by atoms with Crippen LogP contribution < -0.4 is 11.0 Å². The van der Waals surface area contributed by atoms with Crippen molar-refractivity contribution < 1.29 is 4.79 Å². The lowest BCUT2D eigenvalue weighted by Gasteiger charge is -2.07. The van der Waals surface area contributed by atoms with Crippen molar-refractivity contribution in [2.24, 2.45) is 0 Å². The van der Waals surface area contributed by atoms with Crippen molar-refractivity contribution in [1.82, 2.24) is 19.4 Å². The van der Waals surface area contributed by atoms with E-state index in [-0.39, 0.29) is 17.9 Å². The van der Waals surface area contributed by atoms with E-state index in [2.05, 4.69) is 15.5 Å². The number of nitrogens with zero attached hydrogens (tertiary/aromatic N) is 4. The molecule has 1 aromatic carbocycles. The van der Waals surface area contributed by atoms with Gasteiger partial charge < -0.3 is 0 Å². The summed E-state index contributed by atoms with van der Waals surface area (Å²) in [6.45, 7) is 3.71. The lowest BCUT2D eigenvalue weighted by molar-refractivity contribution is -0.116. The van der Waals surface area contributed by atoms with Gasteiger partial charge in [-0.3, -0.25) is 15.0 Å². The van der Waals surface area contributed by atoms with Crippen molar-refractivity contribution in [2.45, 2.75) is 20.3 Å². The number of aryl methyl sites for hydroxylation is 1. The predicted molar refractivity (Wildman–Crippen MR) is 82.5 cm³/mol. The SMILES string of the molecule is CCC(=O)Nn1cnc2c(cnn2-c2ccc(C)cc2)c1=O. The molecule has 0 radical (unpaired) electrons. The molecular weight excluding hydrogens is 282 g/mol. The molecule has 112 valence electrons. The van der Waals surface area contributed by atoms with Gasteiger partial charge in [-0.15, -0.1) is 0 Å². The fraction of sp³-hybridized carbons (Fsp3) is 0.200. The Hall–Kier alpha value is -2.96. The van der Waals surface area contributed by atoms with Crippen LogP contribution in [0.4, 0.5) is 0 Å². The molecule has 0 unspecified atom stereocenters. The van der Waals surface area contributed by atoms with Crippen molar-refractivity contribution in [3.8, 4) is 5.69 Å². The summed E-state index contributed by atoms with van der Waals surface area (Å²) in [6, 6.07) is 7.75. The minimum absolute atomic E-state index is 0.255. The van der Waals surface area contributed by atoms with Crippen LogP contribution in [0.2, 0.25) is 0 Å². The van der Waals surface area contributed by atoms with E-state index in [1.807, 2.05) is 31.2 Å². The van der Waals surface area contributed by atoms with Crippen LogP contribution in [0, 0.1) is 6.92 Å². The van der Waals surface area contributed by atoms with Gasteiger partial charge in [0.2, 0.25) is 5.91 Å². The molecule has 7 nitrogen and oxygen atoms in total. The third-order valence-corrected chi connectivity index (χ3v) is 3.33. The maximum atomic E-state index is 12.3. The van der Waals surface area contributed by atoms with Gasteiger partial charge in [-0.2, -0.15) is 5.10 Å². The summed E-state index contributed by atoms with van der Waals surface area (Å²) in [5, 5.41) is 4.57. The van der Waals surface area contributed by atoms with E-state index in [1.165, 1.54) is 12.5 Å². The number of fused-ring (bicyclic) bond motifs is 1. The highest BCUT2D eigenvalue weighted by molar-refractivity contribution is 5.83. The average molecular weight is 297 g/mol. The van der Waals surface area contributed by atoms with Gasteiger partial charge in [-0.05, 0) is 19.1 Å². The maximum absolute atomic E-state index is 12.3. The van der Waals surface area contributed by atoms with E-state index in [9.17, 15) is 9.59 Å². The Kier molecular flexibility index (Phi) is 3.46. The van der Waals surface area contributed by atoms with Gasteiger partial charge in [0.05, 0.1) is 11.9 Å². The van der Waals surface area contributed by atoms with Crippen LogP contribution in [-0.2, 0) is 4.79 Å². The minimum atomic E-state index is -0.356. The number of amides is 1. The summed E-state index contributed by atoms with van der Waals surface area (Å²) in [5.74, 6) is -0.255. The van der Waals surface area contributed by atoms with Crippen molar-refractivity contribution in [3.05, 3.63) is 52.7 Å². The monoisotopic (exact) mass is 297 g/mol. The van der Waals surface area contributed by atoms with E-state index < -0.39 is 0 Å². The number of nitrogens with one attached hydrogen (secondary N) is 1. The zero-order chi connectivity index (χ0) is 15.7. The normalized spacial score (nSPS) is 10.8. The van der Waals surface area contributed by atoms with Gasteiger partial charge in [0.1, 0.15) is 11.7 Å². The van der Waals surface area contributed by atoms with Crippen LogP contribution in [0.25, 0.3) is 16.7 Å². The summed E-state index contributed by atoms with van der Waals surface area (Å²) in [4.78, 5) is 28.0. The Morgan fingerprint density at radius 3 is 2.68 bits per heavy atom. The average Bonchev–Trinajstić information content (AvgIpc) is 2.95. The number of benzene rings is 1. The predicted octanol–water partition coefficient (Wildman–Crippen LogP) is 1.37. The molecule has 0 aliphatic heterocycles. The molecule has 0 aliphatic carbocycles. The summed E-state index contributed by atoms with van der Waals surface area (Å²) in [6.07, 6.45) is 3.04. The van der Waals surface area contributed by atoms with Crippen molar-refractivity contribution in [3.63, 3.8) is 0 Å². The lowest BCUT2D eigenvalue weighted by Crippen LogP contribution is -2.32. The molecule has 0 spiro atoms. The van der Waals surface area contributed by atoms with E-state index in [4.69, 9.17) is 0 Å². The van der Waals surface area contributed by atoms with E-state index in [1.54, 1.807) is 11.6 Å². The van der Waals surface area contributed by atoms with Gasteiger partial charge in [0.15, 0.2) is 5.65 Å². The van der Waals surface area contributed by atoms with Crippen molar-refractivity contribution in [2.75, 3.05) is 5.43 Å². The Morgan fingerprint density at radius 1 is 1.27 bits per heavy atom. The van der Waals surface area contributed by atoms with Crippen LogP contribution in [0.15, 0.2) is 41.6 Å². The first-order valence-corrected chi connectivity index (χ1v) is 6.92. The third-order valence-electron chi connectivity index (χ3n) is 3.33. The van der Waals surface area contributed by atoms with Crippen LogP contribution in [0.1, 0.15) is 18.9 Å². The quantitative estimate of drug-likeness (QED) is 0.791. The topological polar surface area (TPSA) is 81.8 Å². The summed E-state index contributed by atoms with van der Waals surface area (Å²) in [7, 11) is 0. The summed E-state index contributed by atoms with van der Waals surface area (Å²) in [5.41, 5.74) is 4.53. The first-order valence-electron chi connectivity index (χ1n) is 6.92. The Bertz CT molecular complexity index is 892. The van der Waals surface area contributed by atoms with Gasteiger partial charge in [-0.1, -0.05) is 24.6 Å². The molecule has 3 aromatic rings. The number of aromatic nitrogens is 4. The summed E-state index contributed by atoms with van der Waals surface area (Å²) >= 11 is 0. The molecule has 0 saturated heterocycles. The van der Waals surface area contributed by atoms with Crippen LogP contribution in [0.5, 0.6) is 0 Å². The number of hydrogen-bond acceptors (Lipinski definition) is 4. The molecule has 0 fully saturated rings. The molecule has 0 bridgehead atoms. The van der Waals surface area contributed by atoms with E-state index in [0.717, 1.165) is 15.9 Å². The van der Waals surface area contributed by atoms with E-state index in [0.29, 0.717) is 11.0 Å². The smallest absolute Gasteiger partial charge is 0.273 e. The minimum Gasteiger partial charge on any atom is -0.273 e. The number of rotatable bonds is 3. The highest BCUT2D eigenvalue weighted by atomic mass is 16.2. The molecule has 2 heterocycles. The molecule has 2 aromatic heterocycles. The maximum Gasteiger partial charge on any atom is 0.283 e. The third kappa shape index (κ3) is 2.37. The molecule has 0 atom stereocenters. The first kappa shape index (κ1) is 14.0. The number of carbonyl (C=O) groups is 1. The molecule has 0 aliphatic rings. The number of hydrogen-bond donors (Lipinski definition) is 1. The molecule has 0 saturated carbocycles. The zero-order valence-electron chi connectivity index (χ0n) is 12.3. The van der Waals surface area contributed by atoms with Gasteiger partial charge in [0, 0.05) is 6.42 Å². The van der Waals surface area contributed by atoms with Gasteiger partial charge in [0.25, 0.3) is 5.56 Å². The highest BCUT2D eigenvalue weighted by Crippen LogP contribution is 2.13. The fourth-order valence-corrected chi connectivity index (χ4v) is 2.08. The summed E-state index contributed by atoms with van der Waals surface area (Å²) < 4.78 is 2.68. The number of carbonyl (C=O) groups excluding carboxylic acids is 1. The van der Waals surface area contributed by atoms with Crippen LogP contribution in [0.3, 0.4) is 0 Å². The largest absolute Gasteiger partial charge is 0.283 e. The Labute approximate surface area is 126 Å². The first-order chi connectivity index (χ1) is 10.6. The fourth-order valence-electron chi connectivity index (χ4n) is 2.08. The molecular formula is C15H15N5O2. The highest BCUT2D eigenvalue weighted by Gasteiger charge is 2.12. The molecule has 3 rings (SSSR count). The Balaban J connectivity index is 2.09. The second-order valence-electron chi connectivity index (χ2n) is 4.94. The van der Waals surface area contributed by atoms with Crippen molar-refractivity contribution >= 4 is 16.9 Å². The van der Waals surface area contributed by atoms with E-state index >= 15 is 0 Å². The van der Waals surface area contributed by atoms with Crippen LogP contribution >= 0.6 is 0 Å². The van der Waals surface area contributed by atoms with Crippen molar-refractivity contribution in [1.29, 1.82) is 0 Å². The van der Waals surface area contributed by atoms with Gasteiger partial charge >= 0.3 is 0 Å². The Morgan fingerprint density at radius 2 is 2.00 bits per heavy atom. The van der Waals surface area contributed by atoms with Gasteiger partial charge in [-0.25, -0.2) is 14.3 Å². The second kappa shape index (κ2) is 5.44. The molecule has 7 heteroatoms. The molecule has 1 N–H and O–H groups in total. The second-order valence-corrected chi connectivity index (χ2v) is 4.94. The molecule has 22 heavy (non-hydrogen) atoms. The van der Waals surface area contributed by atoms with Crippen LogP contribution in [-0.4, -0.2) is 25.3 Å².